The summed E-state index contributed by atoms with van der Waals surface area (Å²) in [7, 11) is -0.306. The molecule has 0 amide bonds. The van der Waals surface area contributed by atoms with Crippen LogP contribution in [0.1, 0.15) is 0 Å². The fourth-order valence-electron chi connectivity index (χ4n) is 0.231. The van der Waals surface area contributed by atoms with Gasteiger partial charge < -0.3 is 0 Å². The van der Waals surface area contributed by atoms with E-state index in [4.69, 9.17) is 11.6 Å². The monoisotopic (exact) mass is 140 g/mol. The fraction of sp³-hybridized carbons (Fsp3) is 1.00. The molecule has 0 unspecified atom stereocenters. The molecular weight excluding hydrogens is 128 g/mol. The highest BCUT2D eigenvalue weighted by Gasteiger charge is 1.99. The predicted molar refractivity (Wildman–Crippen MR) is 41.0 cm³/mol. The van der Waals surface area contributed by atoms with Crippen LogP contribution in [0.15, 0.2) is 0 Å². The van der Waals surface area contributed by atoms with Crippen LogP contribution < -0.4 is 0 Å². The minimum Gasteiger partial charge on any atom is -0.248 e. The lowest BCUT2D eigenvalue weighted by Crippen LogP contribution is -1.98. The van der Waals surface area contributed by atoms with Crippen LogP contribution in [0.4, 0.5) is 0 Å². The summed E-state index contributed by atoms with van der Waals surface area (Å²) in [5.74, 6) is 2.01. The molecule has 0 aromatic heterocycles. The predicted octanol–water partition coefficient (Wildman–Crippen LogP) is 1.92. The van der Waals surface area contributed by atoms with Crippen LogP contribution in [0.3, 0.4) is 0 Å². The van der Waals surface area contributed by atoms with Gasteiger partial charge in [0.1, 0.15) is 0 Å². The van der Waals surface area contributed by atoms with Crippen molar-refractivity contribution in [2.75, 3.05) is 30.4 Å². The van der Waals surface area contributed by atoms with Crippen LogP contribution in [0.5, 0.6) is 0 Å². The van der Waals surface area contributed by atoms with Gasteiger partial charge in [-0.25, -0.2) is 10.0 Å². The Morgan fingerprint density at radius 3 is 1.71 bits per heavy atom. The third kappa shape index (κ3) is 6.64. The number of hydrogen-bond donors (Lipinski definition) is 0. The standard InChI is InChI=1S/C5H13ClS/c1-7(2,3)5-4-6/h4-5H2,1-3H3. The van der Waals surface area contributed by atoms with Crippen molar-refractivity contribution in [2.45, 2.75) is 0 Å². The topological polar surface area (TPSA) is 0 Å². The molecule has 0 radical (unpaired) electrons. The Kier molecular flexibility index (Phi) is 3.09. The van der Waals surface area contributed by atoms with E-state index in [0.29, 0.717) is 0 Å². The maximum atomic E-state index is 5.51. The second kappa shape index (κ2) is 2.83. The molecule has 0 spiro atoms. The summed E-state index contributed by atoms with van der Waals surface area (Å²) >= 11 is 5.51. The molecule has 0 aliphatic carbocycles. The van der Waals surface area contributed by atoms with E-state index in [0.717, 1.165) is 5.88 Å². The number of alkyl halides is 1. The molecular formula is C5H13ClS. The molecule has 0 atom stereocenters. The summed E-state index contributed by atoms with van der Waals surface area (Å²) in [5, 5.41) is 0. The lowest BCUT2D eigenvalue weighted by atomic mass is 11.0. The zero-order valence-corrected chi connectivity index (χ0v) is 6.77. The normalized spacial score (nSPS) is 14.3. The minimum atomic E-state index is -0.306. The van der Waals surface area contributed by atoms with Crippen molar-refractivity contribution in [1.29, 1.82) is 0 Å². The van der Waals surface area contributed by atoms with Crippen molar-refractivity contribution in [1.82, 2.24) is 0 Å². The summed E-state index contributed by atoms with van der Waals surface area (Å²) in [4.78, 5) is 0. The molecule has 0 bridgehead atoms. The molecule has 0 aromatic carbocycles. The van der Waals surface area contributed by atoms with Gasteiger partial charge in [-0.3, -0.25) is 0 Å². The number of halogens is 1. The highest BCUT2D eigenvalue weighted by Crippen LogP contribution is 2.33. The summed E-state index contributed by atoms with van der Waals surface area (Å²) < 4.78 is 0. The van der Waals surface area contributed by atoms with Gasteiger partial charge in [0.05, 0.1) is 0 Å². The molecule has 2 heteroatoms. The molecule has 0 fully saturated rings. The van der Waals surface area contributed by atoms with Crippen molar-refractivity contribution in [3.8, 4) is 0 Å². The Morgan fingerprint density at radius 1 is 1.29 bits per heavy atom. The Morgan fingerprint density at radius 2 is 1.71 bits per heavy atom. The first-order valence-corrected chi connectivity index (χ1v) is 5.84. The Labute approximate surface area is 52.6 Å². The van der Waals surface area contributed by atoms with Crippen molar-refractivity contribution < 1.29 is 0 Å². The van der Waals surface area contributed by atoms with Crippen LogP contribution in [0, 0.1) is 0 Å². The first-order chi connectivity index (χ1) is 3.06. The Bertz CT molecular complexity index is 46.5. The zero-order valence-electron chi connectivity index (χ0n) is 5.20. The third-order valence-electron chi connectivity index (χ3n) is 0.690. The average molecular weight is 141 g/mol. The largest absolute Gasteiger partial charge is 0.248 e. The van der Waals surface area contributed by atoms with Crippen LogP contribution in [0.2, 0.25) is 0 Å². The summed E-state index contributed by atoms with van der Waals surface area (Å²) in [5.41, 5.74) is 0. The molecule has 0 heterocycles. The van der Waals surface area contributed by atoms with E-state index in [9.17, 15) is 0 Å². The van der Waals surface area contributed by atoms with Gasteiger partial charge in [-0.2, -0.15) is 0 Å². The van der Waals surface area contributed by atoms with E-state index >= 15 is 0 Å². The van der Waals surface area contributed by atoms with Crippen LogP contribution in [-0.4, -0.2) is 30.4 Å². The van der Waals surface area contributed by atoms with Gasteiger partial charge in [-0.15, -0.1) is 11.6 Å². The fourth-order valence-corrected chi connectivity index (χ4v) is 2.08. The molecule has 0 aliphatic rings. The van der Waals surface area contributed by atoms with E-state index in [-0.39, 0.29) is 10.0 Å². The second-order valence-electron chi connectivity index (χ2n) is 2.48. The molecule has 0 saturated carbocycles. The highest BCUT2D eigenvalue weighted by atomic mass is 35.5. The highest BCUT2D eigenvalue weighted by molar-refractivity contribution is 8.32. The Hall–Kier alpha value is 0.640. The first kappa shape index (κ1) is 7.64. The summed E-state index contributed by atoms with van der Waals surface area (Å²) in [6, 6.07) is 0. The lowest BCUT2D eigenvalue weighted by molar-refractivity contribution is 1.50. The third-order valence-corrected chi connectivity index (χ3v) is 2.53. The van der Waals surface area contributed by atoms with Gasteiger partial charge in [0.2, 0.25) is 0 Å². The quantitative estimate of drug-likeness (QED) is 0.515. The van der Waals surface area contributed by atoms with E-state index in [1.807, 2.05) is 0 Å². The molecule has 0 nitrogen and oxygen atoms in total. The zero-order chi connectivity index (χ0) is 5.91. The molecule has 0 N–H and O–H groups in total. The van der Waals surface area contributed by atoms with Gasteiger partial charge >= 0.3 is 0 Å². The number of hydrogen-bond acceptors (Lipinski definition) is 0. The van der Waals surface area contributed by atoms with Crippen molar-refractivity contribution in [2.24, 2.45) is 0 Å². The van der Waals surface area contributed by atoms with Crippen LogP contribution in [0.25, 0.3) is 0 Å². The van der Waals surface area contributed by atoms with Crippen LogP contribution >= 0.6 is 21.6 Å². The van der Waals surface area contributed by atoms with E-state index in [1.165, 1.54) is 5.75 Å². The minimum absolute atomic E-state index is 0.306. The second-order valence-corrected chi connectivity index (χ2v) is 7.45. The number of rotatable bonds is 2. The SMILES string of the molecule is CS(C)(C)CCCl. The van der Waals surface area contributed by atoms with Gasteiger partial charge in [0.15, 0.2) is 0 Å². The lowest BCUT2D eigenvalue weighted by Gasteiger charge is -2.22. The van der Waals surface area contributed by atoms with E-state index in [1.54, 1.807) is 0 Å². The first-order valence-electron chi connectivity index (χ1n) is 2.28. The van der Waals surface area contributed by atoms with Gasteiger partial charge in [-0.05, 0) is 24.5 Å². The maximum Gasteiger partial charge on any atom is 0.0299 e. The van der Waals surface area contributed by atoms with Crippen molar-refractivity contribution in [3.05, 3.63) is 0 Å². The van der Waals surface area contributed by atoms with E-state index in [2.05, 4.69) is 18.8 Å². The van der Waals surface area contributed by atoms with E-state index < -0.39 is 0 Å². The molecule has 0 rings (SSSR count). The molecule has 46 valence electrons. The van der Waals surface area contributed by atoms with Crippen molar-refractivity contribution in [3.63, 3.8) is 0 Å². The summed E-state index contributed by atoms with van der Waals surface area (Å²) in [6.07, 6.45) is 6.82. The summed E-state index contributed by atoms with van der Waals surface area (Å²) in [6.45, 7) is 0. The average Bonchev–Trinajstić information content (AvgIpc) is 1.30. The van der Waals surface area contributed by atoms with Gasteiger partial charge in [0.25, 0.3) is 0 Å². The maximum absolute atomic E-state index is 5.51. The van der Waals surface area contributed by atoms with Crippen molar-refractivity contribution >= 4 is 21.6 Å². The van der Waals surface area contributed by atoms with Gasteiger partial charge in [0, 0.05) is 5.88 Å². The molecule has 0 aliphatic heterocycles. The smallest absolute Gasteiger partial charge is 0.0299 e. The Balaban J connectivity index is 3.15. The van der Waals surface area contributed by atoms with Crippen LogP contribution in [-0.2, 0) is 0 Å². The molecule has 0 aromatic rings. The molecule has 7 heavy (non-hydrogen) atoms. The molecule has 0 saturated heterocycles. The van der Waals surface area contributed by atoms with Gasteiger partial charge in [-0.1, -0.05) is 0 Å².